The highest BCUT2D eigenvalue weighted by Gasteiger charge is 2.29. The molecule has 1 aromatic heterocycles. The minimum Gasteiger partial charge on any atom is -0.351 e. The Morgan fingerprint density at radius 3 is 2.58 bits per heavy atom. The van der Waals surface area contributed by atoms with Crippen LogP contribution in [0.5, 0.6) is 0 Å². The molecule has 102 valence electrons. The van der Waals surface area contributed by atoms with E-state index in [4.69, 9.17) is 0 Å². The van der Waals surface area contributed by atoms with E-state index in [2.05, 4.69) is 66.1 Å². The van der Waals surface area contributed by atoms with Crippen LogP contribution in [-0.2, 0) is 12.6 Å². The lowest BCUT2D eigenvalue weighted by Crippen LogP contribution is -2.51. The van der Waals surface area contributed by atoms with E-state index in [-0.39, 0.29) is 5.54 Å². The fourth-order valence-electron chi connectivity index (χ4n) is 3.07. The van der Waals surface area contributed by atoms with Crippen molar-refractivity contribution in [1.82, 2.24) is 14.8 Å². The second kappa shape index (κ2) is 4.66. The van der Waals surface area contributed by atoms with Gasteiger partial charge in [0.25, 0.3) is 0 Å². The Morgan fingerprint density at radius 2 is 1.84 bits per heavy atom. The first kappa shape index (κ1) is 12.7. The summed E-state index contributed by atoms with van der Waals surface area (Å²) in [6.45, 7) is 9.11. The van der Waals surface area contributed by atoms with Crippen molar-refractivity contribution < 1.29 is 0 Å². The molecule has 3 nitrogen and oxygen atoms in total. The number of aromatic nitrogens is 1. The van der Waals surface area contributed by atoms with Crippen molar-refractivity contribution in [2.45, 2.75) is 19.4 Å². The third-order valence-corrected chi connectivity index (χ3v) is 4.50. The molecule has 3 heteroatoms. The maximum atomic E-state index is 3.43. The molecule has 1 aromatic carbocycles. The van der Waals surface area contributed by atoms with Crippen LogP contribution in [0.1, 0.15) is 19.4 Å². The highest BCUT2D eigenvalue weighted by Crippen LogP contribution is 2.30. The van der Waals surface area contributed by atoms with Crippen LogP contribution in [0.25, 0.3) is 10.9 Å². The summed E-state index contributed by atoms with van der Waals surface area (Å²) in [5.41, 5.74) is 2.82. The molecule has 1 aliphatic rings. The zero-order valence-electron chi connectivity index (χ0n) is 12.1. The molecule has 19 heavy (non-hydrogen) atoms. The fraction of sp³-hybridized carbons (Fsp3) is 0.500. The minimum absolute atomic E-state index is 0.103. The van der Waals surface area contributed by atoms with Gasteiger partial charge in [-0.05, 0) is 43.0 Å². The number of aryl methyl sites for hydroxylation is 1. The Bertz CT molecular complexity index is 577. The van der Waals surface area contributed by atoms with E-state index >= 15 is 0 Å². The van der Waals surface area contributed by atoms with Crippen molar-refractivity contribution >= 4 is 10.9 Å². The summed E-state index contributed by atoms with van der Waals surface area (Å²) in [4.78, 5) is 2.58. The number of rotatable bonds is 2. The van der Waals surface area contributed by atoms with Gasteiger partial charge in [0.05, 0.1) is 0 Å². The average Bonchev–Trinajstić information content (AvgIpc) is 2.81. The van der Waals surface area contributed by atoms with E-state index < -0.39 is 0 Å². The molecule has 1 saturated heterocycles. The Morgan fingerprint density at radius 1 is 1.11 bits per heavy atom. The Labute approximate surface area is 115 Å². The van der Waals surface area contributed by atoms with E-state index in [0.717, 1.165) is 26.2 Å². The summed E-state index contributed by atoms with van der Waals surface area (Å²) in [5, 5.41) is 4.76. The predicted molar refractivity (Wildman–Crippen MR) is 80.4 cm³/mol. The van der Waals surface area contributed by atoms with Crippen LogP contribution in [0.2, 0.25) is 0 Å². The number of nitrogens with one attached hydrogen (secondary N) is 1. The van der Waals surface area contributed by atoms with Crippen LogP contribution in [0.4, 0.5) is 0 Å². The zero-order valence-corrected chi connectivity index (χ0v) is 12.1. The monoisotopic (exact) mass is 257 g/mol. The van der Waals surface area contributed by atoms with Crippen LogP contribution >= 0.6 is 0 Å². The van der Waals surface area contributed by atoms with Gasteiger partial charge in [0.15, 0.2) is 0 Å². The molecular weight excluding hydrogens is 234 g/mol. The number of hydrogen-bond acceptors (Lipinski definition) is 2. The lowest BCUT2D eigenvalue weighted by Gasteiger charge is -2.41. The molecule has 1 aliphatic heterocycles. The molecule has 0 bridgehead atoms. The van der Waals surface area contributed by atoms with Crippen LogP contribution in [0, 0.1) is 0 Å². The molecule has 1 N–H and O–H groups in total. The molecule has 0 amide bonds. The number of nitrogens with zero attached hydrogens (tertiary/aromatic N) is 2. The van der Waals surface area contributed by atoms with Crippen molar-refractivity contribution in [3.8, 4) is 0 Å². The van der Waals surface area contributed by atoms with Gasteiger partial charge in [-0.1, -0.05) is 6.07 Å². The van der Waals surface area contributed by atoms with Crippen molar-refractivity contribution in [1.29, 1.82) is 0 Å². The SMILES string of the molecule is Cn1ccc2cc(C(C)(C)N3CCNCC3)ccc21. The minimum atomic E-state index is 0.103. The molecule has 3 rings (SSSR count). The summed E-state index contributed by atoms with van der Waals surface area (Å²) in [5.74, 6) is 0. The van der Waals surface area contributed by atoms with E-state index in [1.54, 1.807) is 0 Å². The van der Waals surface area contributed by atoms with Gasteiger partial charge in [-0.25, -0.2) is 0 Å². The van der Waals surface area contributed by atoms with Crippen molar-refractivity contribution in [2.24, 2.45) is 7.05 Å². The number of piperazine rings is 1. The first-order valence-electron chi connectivity index (χ1n) is 7.10. The van der Waals surface area contributed by atoms with Crippen molar-refractivity contribution in [3.05, 3.63) is 36.0 Å². The van der Waals surface area contributed by atoms with Gasteiger partial charge in [-0.2, -0.15) is 0 Å². The zero-order chi connectivity index (χ0) is 13.5. The van der Waals surface area contributed by atoms with Crippen LogP contribution < -0.4 is 5.32 Å². The van der Waals surface area contributed by atoms with Gasteiger partial charge in [0, 0.05) is 50.5 Å². The third-order valence-electron chi connectivity index (χ3n) is 4.50. The maximum absolute atomic E-state index is 3.43. The summed E-state index contributed by atoms with van der Waals surface area (Å²) in [7, 11) is 2.10. The standard InChI is InChI=1S/C16H23N3/c1-16(2,19-10-7-17-8-11-19)14-4-5-15-13(12-14)6-9-18(15)3/h4-6,9,12,17H,7-8,10-11H2,1-3H3. The van der Waals surface area contributed by atoms with Crippen LogP contribution in [0.15, 0.2) is 30.5 Å². The Hall–Kier alpha value is -1.32. The number of fused-ring (bicyclic) bond motifs is 1. The average molecular weight is 257 g/mol. The summed E-state index contributed by atoms with van der Waals surface area (Å²) < 4.78 is 2.18. The molecule has 1 fully saturated rings. The molecular formula is C16H23N3. The normalized spacial score (nSPS) is 18.1. The quantitative estimate of drug-likeness (QED) is 0.891. The number of benzene rings is 1. The lowest BCUT2D eigenvalue weighted by atomic mass is 9.90. The molecule has 0 spiro atoms. The number of hydrogen-bond donors (Lipinski definition) is 1. The summed E-state index contributed by atoms with van der Waals surface area (Å²) in [6, 6.07) is 9.07. The topological polar surface area (TPSA) is 20.2 Å². The Kier molecular flexibility index (Phi) is 3.11. The molecule has 2 heterocycles. The largest absolute Gasteiger partial charge is 0.351 e. The second-order valence-electron chi connectivity index (χ2n) is 6.00. The van der Waals surface area contributed by atoms with Gasteiger partial charge in [0.1, 0.15) is 0 Å². The lowest BCUT2D eigenvalue weighted by molar-refractivity contribution is 0.103. The van der Waals surface area contributed by atoms with Crippen molar-refractivity contribution in [2.75, 3.05) is 26.2 Å². The third kappa shape index (κ3) is 2.17. The van der Waals surface area contributed by atoms with Gasteiger partial charge in [0.2, 0.25) is 0 Å². The molecule has 0 radical (unpaired) electrons. The van der Waals surface area contributed by atoms with Crippen LogP contribution in [-0.4, -0.2) is 35.6 Å². The second-order valence-corrected chi connectivity index (χ2v) is 6.00. The summed E-state index contributed by atoms with van der Waals surface area (Å²) >= 11 is 0. The van der Waals surface area contributed by atoms with E-state index in [1.807, 2.05) is 0 Å². The first-order chi connectivity index (χ1) is 9.09. The smallest absolute Gasteiger partial charge is 0.0477 e. The highest BCUT2D eigenvalue weighted by molar-refractivity contribution is 5.81. The van der Waals surface area contributed by atoms with Gasteiger partial charge >= 0.3 is 0 Å². The van der Waals surface area contributed by atoms with Gasteiger partial charge in [-0.3, -0.25) is 4.90 Å². The first-order valence-corrected chi connectivity index (χ1v) is 7.10. The maximum Gasteiger partial charge on any atom is 0.0477 e. The van der Waals surface area contributed by atoms with Gasteiger partial charge < -0.3 is 9.88 Å². The van der Waals surface area contributed by atoms with E-state index in [1.165, 1.54) is 16.5 Å². The molecule has 0 aliphatic carbocycles. The fourth-order valence-corrected chi connectivity index (χ4v) is 3.07. The summed E-state index contributed by atoms with van der Waals surface area (Å²) in [6.07, 6.45) is 2.13. The predicted octanol–water partition coefficient (Wildman–Crippen LogP) is 2.32. The molecule has 0 saturated carbocycles. The van der Waals surface area contributed by atoms with E-state index in [9.17, 15) is 0 Å². The van der Waals surface area contributed by atoms with Crippen molar-refractivity contribution in [3.63, 3.8) is 0 Å². The molecule has 0 atom stereocenters. The van der Waals surface area contributed by atoms with E-state index in [0.29, 0.717) is 0 Å². The highest BCUT2D eigenvalue weighted by atomic mass is 15.2. The molecule has 2 aromatic rings. The molecule has 0 unspecified atom stereocenters. The van der Waals surface area contributed by atoms with Gasteiger partial charge in [-0.15, -0.1) is 0 Å². The van der Waals surface area contributed by atoms with Crippen LogP contribution in [0.3, 0.4) is 0 Å². The Balaban J connectivity index is 1.97.